The minimum absolute atomic E-state index is 0.201. The number of hydrogen-bond acceptors (Lipinski definition) is 1. The molecule has 0 heterocycles. The molecule has 1 aliphatic rings. The molecule has 6 heteroatoms. The maximum atomic E-state index is 12.4. The molecule has 1 aliphatic carbocycles. The Morgan fingerprint density at radius 2 is 1.94 bits per heavy atom. The maximum Gasteiger partial charge on any atom is 0.416 e. The van der Waals surface area contributed by atoms with Gasteiger partial charge in [0, 0.05) is 4.47 Å². The number of rotatable bonds is 2. The monoisotopic (exact) mass is 308 g/mol. The van der Waals surface area contributed by atoms with Crippen LogP contribution in [0.4, 0.5) is 13.2 Å². The summed E-state index contributed by atoms with van der Waals surface area (Å²) in [5.74, 6) is -0.988. The first-order valence-electron chi connectivity index (χ1n) is 4.88. The van der Waals surface area contributed by atoms with Crippen molar-refractivity contribution in [3.05, 3.63) is 33.8 Å². The van der Waals surface area contributed by atoms with E-state index < -0.39 is 23.1 Å². The highest BCUT2D eigenvalue weighted by Crippen LogP contribution is 2.51. The molecule has 1 saturated carbocycles. The van der Waals surface area contributed by atoms with Crippen LogP contribution in [0.5, 0.6) is 0 Å². The zero-order valence-corrected chi connectivity index (χ0v) is 10.1. The van der Waals surface area contributed by atoms with Crippen molar-refractivity contribution in [1.29, 1.82) is 0 Å². The summed E-state index contributed by atoms with van der Waals surface area (Å²) in [6.45, 7) is 0. The summed E-state index contributed by atoms with van der Waals surface area (Å²) < 4.78 is 37.5. The third-order valence-electron chi connectivity index (χ3n) is 2.97. The highest BCUT2D eigenvalue weighted by atomic mass is 79.9. The van der Waals surface area contributed by atoms with Gasteiger partial charge >= 0.3 is 12.1 Å². The molecule has 1 N–H and O–H groups in total. The fourth-order valence-electron chi connectivity index (χ4n) is 1.80. The molecule has 0 saturated heterocycles. The van der Waals surface area contributed by atoms with E-state index in [2.05, 4.69) is 15.9 Å². The van der Waals surface area contributed by atoms with Crippen molar-refractivity contribution >= 4 is 21.9 Å². The second-order valence-corrected chi connectivity index (χ2v) is 4.93. The number of hydrogen-bond donors (Lipinski definition) is 1. The van der Waals surface area contributed by atoms with Crippen LogP contribution in [-0.2, 0) is 16.4 Å². The number of carboxylic acids is 1. The average molecular weight is 309 g/mol. The average Bonchev–Trinajstić information content (AvgIpc) is 2.96. The van der Waals surface area contributed by atoms with Gasteiger partial charge < -0.3 is 5.11 Å². The summed E-state index contributed by atoms with van der Waals surface area (Å²) in [5.41, 5.74) is -1.37. The number of carbonyl (C=O) groups is 1. The van der Waals surface area contributed by atoms with Gasteiger partial charge in [0.2, 0.25) is 0 Å². The smallest absolute Gasteiger partial charge is 0.416 e. The van der Waals surface area contributed by atoms with Crippen LogP contribution in [0.1, 0.15) is 24.0 Å². The molecule has 2 nitrogen and oxygen atoms in total. The summed E-state index contributed by atoms with van der Waals surface area (Å²) in [6.07, 6.45) is -3.49. The van der Waals surface area contributed by atoms with Gasteiger partial charge in [0.05, 0.1) is 11.0 Å². The Kier molecular flexibility index (Phi) is 2.72. The minimum atomic E-state index is -4.42. The first-order chi connectivity index (χ1) is 7.77. The molecule has 0 spiro atoms. The van der Waals surface area contributed by atoms with Crippen LogP contribution >= 0.6 is 15.9 Å². The van der Waals surface area contributed by atoms with Gasteiger partial charge in [-0.3, -0.25) is 4.79 Å². The first kappa shape index (κ1) is 12.4. The van der Waals surface area contributed by atoms with Gasteiger partial charge in [0.25, 0.3) is 0 Å². The predicted octanol–water partition coefficient (Wildman–Crippen LogP) is 3.58. The summed E-state index contributed by atoms with van der Waals surface area (Å²) in [4.78, 5) is 11.1. The Balaban J connectivity index is 2.43. The Morgan fingerprint density at radius 3 is 2.29 bits per heavy atom. The standard InChI is InChI=1S/C11H8BrF3O2/c12-8-5-6(11(13,14)15)1-2-7(8)10(3-4-10)9(16)17/h1-2,5H,3-4H2,(H,16,17). The molecule has 1 aromatic rings. The highest BCUT2D eigenvalue weighted by molar-refractivity contribution is 9.10. The molecule has 1 aromatic carbocycles. The van der Waals surface area contributed by atoms with Crippen LogP contribution < -0.4 is 0 Å². The van der Waals surface area contributed by atoms with E-state index in [0.717, 1.165) is 12.1 Å². The van der Waals surface area contributed by atoms with Crippen molar-refractivity contribution < 1.29 is 23.1 Å². The van der Waals surface area contributed by atoms with Crippen LogP contribution in [0.3, 0.4) is 0 Å². The Labute approximate surface area is 104 Å². The second kappa shape index (κ2) is 3.73. The van der Waals surface area contributed by atoms with Gasteiger partial charge in [-0.15, -0.1) is 0 Å². The quantitative estimate of drug-likeness (QED) is 0.906. The van der Waals surface area contributed by atoms with Crippen LogP contribution in [0.2, 0.25) is 0 Å². The fourth-order valence-corrected chi connectivity index (χ4v) is 2.56. The van der Waals surface area contributed by atoms with Crippen molar-refractivity contribution in [3.8, 4) is 0 Å². The van der Waals surface area contributed by atoms with Gasteiger partial charge in [-0.25, -0.2) is 0 Å². The van der Waals surface area contributed by atoms with Crippen molar-refractivity contribution in [2.45, 2.75) is 24.4 Å². The van der Waals surface area contributed by atoms with Crippen molar-refractivity contribution in [2.75, 3.05) is 0 Å². The molecule has 0 aromatic heterocycles. The lowest BCUT2D eigenvalue weighted by molar-refractivity contribution is -0.140. The molecule has 0 unspecified atom stereocenters. The van der Waals surface area contributed by atoms with E-state index in [-0.39, 0.29) is 4.47 Å². The van der Waals surface area contributed by atoms with Crippen molar-refractivity contribution in [3.63, 3.8) is 0 Å². The summed E-state index contributed by atoms with van der Waals surface area (Å²) in [6, 6.07) is 3.09. The van der Waals surface area contributed by atoms with Gasteiger partial charge in [0.1, 0.15) is 0 Å². The minimum Gasteiger partial charge on any atom is -0.481 e. The second-order valence-electron chi connectivity index (χ2n) is 4.08. The zero-order chi connectivity index (χ0) is 12.8. The van der Waals surface area contributed by atoms with E-state index in [4.69, 9.17) is 5.11 Å². The molecular formula is C11H8BrF3O2. The predicted molar refractivity (Wildman–Crippen MR) is 57.7 cm³/mol. The normalized spacial score (nSPS) is 17.9. The van der Waals surface area contributed by atoms with Gasteiger partial charge in [0.15, 0.2) is 0 Å². The number of benzene rings is 1. The van der Waals surface area contributed by atoms with E-state index in [0.29, 0.717) is 18.4 Å². The van der Waals surface area contributed by atoms with Crippen LogP contribution in [0.15, 0.2) is 22.7 Å². The molecule has 0 radical (unpaired) electrons. The Morgan fingerprint density at radius 1 is 1.35 bits per heavy atom. The van der Waals surface area contributed by atoms with E-state index in [1.54, 1.807) is 0 Å². The molecule has 0 aliphatic heterocycles. The topological polar surface area (TPSA) is 37.3 Å². The SMILES string of the molecule is O=C(O)C1(c2ccc(C(F)(F)F)cc2Br)CC1. The Bertz CT molecular complexity index is 478. The lowest BCUT2D eigenvalue weighted by Crippen LogP contribution is -2.20. The lowest BCUT2D eigenvalue weighted by atomic mass is 9.95. The molecule has 0 bridgehead atoms. The zero-order valence-electron chi connectivity index (χ0n) is 8.51. The fraction of sp³-hybridized carbons (Fsp3) is 0.364. The molecule has 2 rings (SSSR count). The van der Waals surface area contributed by atoms with Gasteiger partial charge in [-0.05, 0) is 30.5 Å². The van der Waals surface area contributed by atoms with Crippen molar-refractivity contribution in [2.24, 2.45) is 0 Å². The summed E-state index contributed by atoms with van der Waals surface area (Å²) in [7, 11) is 0. The largest absolute Gasteiger partial charge is 0.481 e. The molecule has 92 valence electrons. The lowest BCUT2D eigenvalue weighted by Gasteiger charge is -2.14. The van der Waals surface area contributed by atoms with Crippen LogP contribution in [0, 0.1) is 0 Å². The highest BCUT2D eigenvalue weighted by Gasteiger charge is 2.52. The van der Waals surface area contributed by atoms with Crippen molar-refractivity contribution in [1.82, 2.24) is 0 Å². The van der Waals surface area contributed by atoms with E-state index in [1.165, 1.54) is 6.07 Å². The van der Waals surface area contributed by atoms with Gasteiger partial charge in [-0.1, -0.05) is 22.0 Å². The molecular weight excluding hydrogens is 301 g/mol. The molecule has 17 heavy (non-hydrogen) atoms. The summed E-state index contributed by atoms with van der Waals surface area (Å²) >= 11 is 3.02. The maximum absolute atomic E-state index is 12.4. The summed E-state index contributed by atoms with van der Waals surface area (Å²) in [5, 5.41) is 9.07. The van der Waals surface area contributed by atoms with E-state index >= 15 is 0 Å². The van der Waals surface area contributed by atoms with Crippen LogP contribution in [-0.4, -0.2) is 11.1 Å². The molecule has 0 amide bonds. The third kappa shape index (κ3) is 2.06. The van der Waals surface area contributed by atoms with Crippen LogP contribution in [0.25, 0.3) is 0 Å². The van der Waals surface area contributed by atoms with Gasteiger partial charge in [-0.2, -0.15) is 13.2 Å². The third-order valence-corrected chi connectivity index (χ3v) is 3.63. The number of carboxylic acid groups (broad SMARTS) is 1. The van der Waals surface area contributed by atoms with E-state index in [9.17, 15) is 18.0 Å². The molecule has 1 fully saturated rings. The number of alkyl halides is 3. The Hall–Kier alpha value is -1.04. The number of halogens is 4. The molecule has 0 atom stereocenters. The number of aliphatic carboxylic acids is 1. The van der Waals surface area contributed by atoms with E-state index in [1.807, 2.05) is 0 Å². The first-order valence-corrected chi connectivity index (χ1v) is 5.67.